The second kappa shape index (κ2) is 6.38. The zero-order valence-corrected chi connectivity index (χ0v) is 9.79. The minimum Gasteiger partial charge on any atom is -0.394 e. The van der Waals surface area contributed by atoms with Crippen LogP contribution < -0.4 is 5.32 Å². The molecule has 1 unspecified atom stereocenters. The van der Waals surface area contributed by atoms with E-state index in [0.29, 0.717) is 11.3 Å². The van der Waals surface area contributed by atoms with Gasteiger partial charge in [0, 0.05) is 11.4 Å². The fourth-order valence-corrected chi connectivity index (χ4v) is 1.83. The molecule has 0 aliphatic carbocycles. The first-order chi connectivity index (χ1) is 7.72. The van der Waals surface area contributed by atoms with Gasteiger partial charge in [-0.3, -0.25) is 0 Å². The van der Waals surface area contributed by atoms with Crippen LogP contribution >= 0.6 is 11.8 Å². The molecule has 3 N–H and O–H groups in total. The van der Waals surface area contributed by atoms with Crippen molar-refractivity contribution in [2.75, 3.05) is 24.7 Å². The maximum atomic E-state index is 9.21. The summed E-state index contributed by atoms with van der Waals surface area (Å²) >= 11 is 1.50. The van der Waals surface area contributed by atoms with E-state index in [1.54, 1.807) is 6.07 Å². The number of nitriles is 1. The van der Waals surface area contributed by atoms with Gasteiger partial charge in [-0.05, 0) is 18.4 Å². The highest BCUT2D eigenvalue weighted by molar-refractivity contribution is 7.98. The lowest BCUT2D eigenvalue weighted by Gasteiger charge is -2.12. The Morgan fingerprint density at radius 3 is 2.88 bits per heavy atom. The Morgan fingerprint density at radius 2 is 2.31 bits per heavy atom. The molecule has 0 saturated carbocycles. The van der Waals surface area contributed by atoms with Gasteiger partial charge in [-0.1, -0.05) is 6.07 Å². The van der Waals surface area contributed by atoms with Crippen LogP contribution in [0.25, 0.3) is 0 Å². The third-order valence-electron chi connectivity index (χ3n) is 2.10. The lowest BCUT2D eigenvalue weighted by Crippen LogP contribution is -2.23. The van der Waals surface area contributed by atoms with Crippen molar-refractivity contribution in [1.82, 2.24) is 0 Å². The second-order valence-electron chi connectivity index (χ2n) is 3.21. The van der Waals surface area contributed by atoms with Crippen LogP contribution in [-0.4, -0.2) is 35.7 Å². The molecule has 0 radical (unpaired) electrons. The Morgan fingerprint density at radius 1 is 1.56 bits per heavy atom. The van der Waals surface area contributed by atoms with E-state index in [1.807, 2.05) is 18.4 Å². The highest BCUT2D eigenvalue weighted by Gasteiger charge is 2.08. The highest BCUT2D eigenvalue weighted by Crippen LogP contribution is 2.26. The van der Waals surface area contributed by atoms with Crippen LogP contribution in [0.2, 0.25) is 0 Å². The molecule has 4 nitrogen and oxygen atoms in total. The molecule has 1 aromatic carbocycles. The highest BCUT2D eigenvalue weighted by atomic mass is 32.2. The molecule has 1 atom stereocenters. The van der Waals surface area contributed by atoms with E-state index in [2.05, 4.69) is 11.4 Å². The number of rotatable bonds is 5. The molecule has 0 amide bonds. The fraction of sp³-hybridized carbons (Fsp3) is 0.364. The van der Waals surface area contributed by atoms with Crippen LogP contribution in [0.4, 0.5) is 5.69 Å². The molecule has 0 aliphatic heterocycles. The number of aliphatic hydroxyl groups excluding tert-OH is 2. The maximum Gasteiger partial charge on any atom is 0.102 e. The van der Waals surface area contributed by atoms with Gasteiger partial charge in [0.2, 0.25) is 0 Å². The van der Waals surface area contributed by atoms with E-state index < -0.39 is 6.10 Å². The van der Waals surface area contributed by atoms with Crippen molar-refractivity contribution in [1.29, 1.82) is 5.26 Å². The van der Waals surface area contributed by atoms with Gasteiger partial charge in [-0.2, -0.15) is 5.26 Å². The monoisotopic (exact) mass is 238 g/mol. The van der Waals surface area contributed by atoms with Crippen molar-refractivity contribution in [2.45, 2.75) is 11.0 Å². The Balaban J connectivity index is 2.84. The van der Waals surface area contributed by atoms with Gasteiger partial charge in [0.05, 0.1) is 24.0 Å². The Labute approximate surface area is 98.9 Å². The predicted molar refractivity (Wildman–Crippen MR) is 64.5 cm³/mol. The fourth-order valence-electron chi connectivity index (χ4n) is 1.26. The molecule has 5 heteroatoms. The normalized spacial score (nSPS) is 11.9. The number of thioether (sulfide) groups is 1. The molecule has 1 rings (SSSR count). The smallest absolute Gasteiger partial charge is 0.102 e. The molecular weight excluding hydrogens is 224 g/mol. The van der Waals surface area contributed by atoms with Gasteiger partial charge in [-0.15, -0.1) is 11.8 Å². The second-order valence-corrected chi connectivity index (χ2v) is 4.06. The van der Waals surface area contributed by atoms with Crippen molar-refractivity contribution < 1.29 is 10.2 Å². The van der Waals surface area contributed by atoms with Crippen LogP contribution in [0, 0.1) is 11.3 Å². The summed E-state index contributed by atoms with van der Waals surface area (Å²) < 4.78 is 0. The summed E-state index contributed by atoms with van der Waals surface area (Å²) in [4.78, 5) is 0.894. The average Bonchev–Trinajstić information content (AvgIpc) is 2.34. The Kier molecular flexibility index (Phi) is 5.12. The van der Waals surface area contributed by atoms with E-state index in [9.17, 15) is 5.11 Å². The average molecular weight is 238 g/mol. The Hall–Kier alpha value is -1.22. The molecule has 86 valence electrons. The van der Waals surface area contributed by atoms with Gasteiger partial charge in [0.25, 0.3) is 0 Å². The number of nitrogens with zero attached hydrogens (tertiary/aromatic N) is 1. The third-order valence-corrected chi connectivity index (χ3v) is 2.88. The lowest BCUT2D eigenvalue weighted by atomic mass is 10.2. The minimum atomic E-state index is -0.815. The van der Waals surface area contributed by atoms with Crippen LogP contribution in [0.3, 0.4) is 0 Å². The van der Waals surface area contributed by atoms with Crippen molar-refractivity contribution in [3.05, 3.63) is 23.8 Å². The summed E-state index contributed by atoms with van der Waals surface area (Å²) in [6.45, 7) is -0.0693. The van der Waals surface area contributed by atoms with Crippen LogP contribution in [0.1, 0.15) is 5.56 Å². The predicted octanol–water partition coefficient (Wildman–Crippen LogP) is 1.05. The first-order valence-corrected chi connectivity index (χ1v) is 6.05. The number of nitrogens with one attached hydrogen (secondary N) is 1. The molecule has 0 saturated heterocycles. The molecule has 16 heavy (non-hydrogen) atoms. The number of aliphatic hydroxyl groups is 2. The summed E-state index contributed by atoms with van der Waals surface area (Å²) in [7, 11) is 0. The molecule has 0 fully saturated rings. The number of hydrogen-bond acceptors (Lipinski definition) is 5. The molecular formula is C11H14N2O2S. The van der Waals surface area contributed by atoms with E-state index in [1.165, 1.54) is 11.8 Å². The number of anilines is 1. The summed E-state index contributed by atoms with van der Waals surface area (Å²) in [5, 5.41) is 29.9. The third kappa shape index (κ3) is 3.14. The quantitative estimate of drug-likeness (QED) is 0.668. The van der Waals surface area contributed by atoms with Crippen LogP contribution in [-0.2, 0) is 0 Å². The number of benzene rings is 1. The molecule has 0 heterocycles. The minimum absolute atomic E-state index is 0.225. The van der Waals surface area contributed by atoms with Crippen molar-refractivity contribution in [3.63, 3.8) is 0 Å². The summed E-state index contributed by atoms with van der Waals surface area (Å²) in [5.74, 6) is 0. The molecule has 1 aromatic rings. The van der Waals surface area contributed by atoms with Gasteiger partial charge in [0.15, 0.2) is 0 Å². The SMILES string of the molecule is CSc1cccc(NCC(O)CO)c1C#N. The zero-order chi connectivity index (χ0) is 12.0. The summed E-state index contributed by atoms with van der Waals surface area (Å²) in [6, 6.07) is 7.63. The lowest BCUT2D eigenvalue weighted by molar-refractivity contribution is 0.105. The standard InChI is InChI=1S/C11H14N2O2S/c1-16-11-4-2-3-10(9(11)5-12)13-6-8(15)7-14/h2-4,8,13-15H,6-7H2,1H3. The molecule has 0 aromatic heterocycles. The van der Waals surface area contributed by atoms with Crippen molar-refractivity contribution in [3.8, 4) is 6.07 Å². The maximum absolute atomic E-state index is 9.21. The van der Waals surface area contributed by atoms with E-state index in [-0.39, 0.29) is 13.2 Å². The molecule has 0 aliphatic rings. The van der Waals surface area contributed by atoms with Crippen LogP contribution in [0.15, 0.2) is 23.1 Å². The molecule has 0 bridgehead atoms. The topological polar surface area (TPSA) is 76.3 Å². The van der Waals surface area contributed by atoms with Gasteiger partial charge < -0.3 is 15.5 Å². The van der Waals surface area contributed by atoms with Crippen LogP contribution in [0.5, 0.6) is 0 Å². The van der Waals surface area contributed by atoms with E-state index >= 15 is 0 Å². The molecule has 0 spiro atoms. The van der Waals surface area contributed by atoms with Gasteiger partial charge >= 0.3 is 0 Å². The van der Waals surface area contributed by atoms with Gasteiger partial charge in [-0.25, -0.2) is 0 Å². The zero-order valence-electron chi connectivity index (χ0n) is 8.97. The first-order valence-electron chi connectivity index (χ1n) is 4.82. The largest absolute Gasteiger partial charge is 0.394 e. The number of hydrogen-bond donors (Lipinski definition) is 3. The first kappa shape index (κ1) is 12.8. The summed E-state index contributed by atoms with van der Waals surface area (Å²) in [6.07, 6.45) is 1.09. The van der Waals surface area contributed by atoms with Crippen molar-refractivity contribution in [2.24, 2.45) is 0 Å². The Bertz CT molecular complexity index is 390. The van der Waals surface area contributed by atoms with Gasteiger partial charge in [0.1, 0.15) is 6.07 Å². The van der Waals surface area contributed by atoms with E-state index in [0.717, 1.165) is 4.90 Å². The van der Waals surface area contributed by atoms with Crippen molar-refractivity contribution >= 4 is 17.4 Å². The summed E-state index contributed by atoms with van der Waals surface area (Å²) in [5.41, 5.74) is 1.25. The van der Waals surface area contributed by atoms with E-state index in [4.69, 9.17) is 10.4 Å².